The average Bonchev–Trinajstić information content (AvgIpc) is 2.62. The zero-order chi connectivity index (χ0) is 21.4. The summed E-state index contributed by atoms with van der Waals surface area (Å²) in [4.78, 5) is 19.3. The van der Waals surface area contributed by atoms with E-state index in [1.807, 2.05) is 24.3 Å². The van der Waals surface area contributed by atoms with Crippen molar-refractivity contribution in [2.75, 3.05) is 13.2 Å². The normalized spacial score (nSPS) is 10.7. The van der Waals surface area contributed by atoms with Crippen LogP contribution in [0.3, 0.4) is 0 Å². The van der Waals surface area contributed by atoms with Gasteiger partial charge in [-0.15, -0.1) is 0 Å². The van der Waals surface area contributed by atoms with E-state index in [4.69, 9.17) is 19.7 Å². The van der Waals surface area contributed by atoms with Crippen molar-refractivity contribution >= 4 is 11.9 Å². The molecular formula is C19H28F3NO5. The lowest BCUT2D eigenvalue weighted by molar-refractivity contribution is -0.192. The van der Waals surface area contributed by atoms with Crippen molar-refractivity contribution in [3.63, 3.8) is 0 Å². The first-order valence-corrected chi connectivity index (χ1v) is 9.11. The smallest absolute Gasteiger partial charge is 0.490 e. The molecule has 0 radical (unpaired) electrons. The number of rotatable bonds is 12. The van der Waals surface area contributed by atoms with Gasteiger partial charge in [0, 0.05) is 13.1 Å². The van der Waals surface area contributed by atoms with Crippen LogP contribution in [0.2, 0.25) is 0 Å². The number of aliphatic carboxylic acids is 2. The topological polar surface area (TPSA) is 95.9 Å². The molecule has 9 heteroatoms. The maximum atomic E-state index is 10.6. The second kappa shape index (κ2) is 14.7. The molecule has 0 amide bonds. The number of halogens is 3. The molecule has 0 aromatic heterocycles. The van der Waals surface area contributed by atoms with Gasteiger partial charge in [0.15, 0.2) is 0 Å². The van der Waals surface area contributed by atoms with Crippen molar-refractivity contribution in [2.45, 2.75) is 58.2 Å². The van der Waals surface area contributed by atoms with E-state index in [1.165, 1.54) is 25.7 Å². The van der Waals surface area contributed by atoms with E-state index in [-0.39, 0.29) is 6.42 Å². The van der Waals surface area contributed by atoms with E-state index in [0.717, 1.165) is 24.3 Å². The Hall–Kier alpha value is -2.29. The molecule has 0 spiro atoms. The first-order chi connectivity index (χ1) is 13.2. The summed E-state index contributed by atoms with van der Waals surface area (Å²) in [5.41, 5.74) is 1.11. The first kappa shape index (κ1) is 25.7. The Labute approximate surface area is 162 Å². The van der Waals surface area contributed by atoms with Crippen molar-refractivity contribution in [1.29, 1.82) is 0 Å². The molecular weight excluding hydrogens is 379 g/mol. The number of ether oxygens (including phenoxy) is 1. The quantitative estimate of drug-likeness (QED) is 0.449. The molecule has 0 aliphatic rings. The van der Waals surface area contributed by atoms with Crippen LogP contribution in [-0.4, -0.2) is 41.5 Å². The number of unbranched alkanes of at least 4 members (excludes halogenated alkanes) is 4. The number of alkyl halides is 3. The average molecular weight is 407 g/mol. The molecule has 0 unspecified atom stereocenters. The molecule has 0 aliphatic carbocycles. The van der Waals surface area contributed by atoms with E-state index >= 15 is 0 Å². The highest BCUT2D eigenvalue weighted by Gasteiger charge is 2.38. The molecule has 1 rings (SSSR count). The Morgan fingerprint density at radius 2 is 1.75 bits per heavy atom. The van der Waals surface area contributed by atoms with Gasteiger partial charge in [-0.25, -0.2) is 4.79 Å². The Morgan fingerprint density at radius 3 is 2.32 bits per heavy atom. The fraction of sp³-hybridized carbons (Fsp3) is 0.579. The maximum Gasteiger partial charge on any atom is 0.490 e. The number of hydrogen-bond donors (Lipinski definition) is 3. The highest BCUT2D eigenvalue weighted by atomic mass is 19.4. The predicted molar refractivity (Wildman–Crippen MR) is 98.3 cm³/mol. The standard InChI is InChI=1S/C17H27NO3.C2HF3O2/c1-2-3-4-5-6-12-21-16-9-7-8-15(13-16)14-18-11-10-17(19)20;3-2(4,5)1(6)7/h7-9,13,18H,2-6,10-12,14H2,1H3,(H,19,20);(H,6,7). The molecule has 0 fully saturated rings. The third-order valence-electron chi connectivity index (χ3n) is 3.50. The van der Waals surface area contributed by atoms with Crippen molar-refractivity contribution in [2.24, 2.45) is 0 Å². The summed E-state index contributed by atoms with van der Waals surface area (Å²) >= 11 is 0. The van der Waals surface area contributed by atoms with Gasteiger partial charge < -0.3 is 20.3 Å². The minimum absolute atomic E-state index is 0.147. The Bertz CT molecular complexity index is 579. The van der Waals surface area contributed by atoms with Crippen LogP contribution in [-0.2, 0) is 16.1 Å². The molecule has 0 aliphatic heterocycles. The third kappa shape index (κ3) is 14.8. The molecule has 28 heavy (non-hydrogen) atoms. The summed E-state index contributed by atoms with van der Waals surface area (Å²) in [6, 6.07) is 7.97. The monoisotopic (exact) mass is 407 g/mol. The van der Waals surface area contributed by atoms with Crippen molar-refractivity contribution in [3.05, 3.63) is 29.8 Å². The number of carbonyl (C=O) groups is 2. The van der Waals surface area contributed by atoms with Crippen molar-refractivity contribution in [1.82, 2.24) is 5.32 Å². The second-order valence-corrected chi connectivity index (χ2v) is 6.03. The van der Waals surface area contributed by atoms with Crippen molar-refractivity contribution in [3.8, 4) is 5.75 Å². The van der Waals surface area contributed by atoms with E-state index in [9.17, 15) is 18.0 Å². The van der Waals surface area contributed by atoms with E-state index in [0.29, 0.717) is 13.1 Å². The van der Waals surface area contributed by atoms with Crippen LogP contribution in [0.5, 0.6) is 5.75 Å². The summed E-state index contributed by atoms with van der Waals surface area (Å²) in [6.07, 6.45) is 1.24. The summed E-state index contributed by atoms with van der Waals surface area (Å²) in [5.74, 6) is -2.64. The lowest BCUT2D eigenvalue weighted by atomic mass is 10.2. The van der Waals surface area contributed by atoms with Gasteiger partial charge in [-0.05, 0) is 24.1 Å². The van der Waals surface area contributed by atoms with Gasteiger partial charge in [0.05, 0.1) is 13.0 Å². The maximum absolute atomic E-state index is 10.6. The molecule has 3 N–H and O–H groups in total. The number of carboxylic acid groups (broad SMARTS) is 2. The molecule has 6 nitrogen and oxygen atoms in total. The number of nitrogens with one attached hydrogen (secondary N) is 1. The molecule has 0 bridgehead atoms. The molecule has 1 aromatic rings. The molecule has 0 saturated heterocycles. The van der Waals surface area contributed by atoms with Crippen LogP contribution < -0.4 is 10.1 Å². The molecule has 1 aromatic carbocycles. The third-order valence-corrected chi connectivity index (χ3v) is 3.50. The van der Waals surface area contributed by atoms with E-state index in [2.05, 4.69) is 12.2 Å². The summed E-state index contributed by atoms with van der Waals surface area (Å²) < 4.78 is 37.5. The number of carboxylic acids is 2. The number of benzene rings is 1. The van der Waals surface area contributed by atoms with Crippen LogP contribution in [0.1, 0.15) is 51.0 Å². The predicted octanol–water partition coefficient (Wildman–Crippen LogP) is 4.23. The summed E-state index contributed by atoms with van der Waals surface area (Å²) in [6.45, 7) is 4.13. The van der Waals surface area contributed by atoms with Gasteiger partial charge in [-0.3, -0.25) is 4.79 Å². The molecule has 0 saturated carbocycles. The van der Waals surface area contributed by atoms with E-state index < -0.39 is 18.1 Å². The Kier molecular flexibility index (Phi) is 13.5. The van der Waals surface area contributed by atoms with Gasteiger partial charge in [0.25, 0.3) is 0 Å². The summed E-state index contributed by atoms with van der Waals surface area (Å²) in [7, 11) is 0. The van der Waals surface area contributed by atoms with Crippen LogP contribution >= 0.6 is 0 Å². The van der Waals surface area contributed by atoms with Gasteiger partial charge in [0.2, 0.25) is 0 Å². The minimum Gasteiger partial charge on any atom is -0.494 e. The largest absolute Gasteiger partial charge is 0.494 e. The highest BCUT2D eigenvalue weighted by molar-refractivity contribution is 5.73. The summed E-state index contributed by atoms with van der Waals surface area (Å²) in [5, 5.41) is 18.8. The first-order valence-electron chi connectivity index (χ1n) is 9.11. The van der Waals surface area contributed by atoms with Crippen LogP contribution in [0.15, 0.2) is 24.3 Å². The van der Waals surface area contributed by atoms with Gasteiger partial charge in [0.1, 0.15) is 5.75 Å². The lowest BCUT2D eigenvalue weighted by Crippen LogP contribution is -2.21. The number of hydrogen-bond acceptors (Lipinski definition) is 4. The van der Waals surface area contributed by atoms with Gasteiger partial charge in [-0.2, -0.15) is 13.2 Å². The van der Waals surface area contributed by atoms with Crippen LogP contribution in [0, 0.1) is 0 Å². The van der Waals surface area contributed by atoms with Gasteiger partial charge in [-0.1, -0.05) is 44.7 Å². The van der Waals surface area contributed by atoms with E-state index in [1.54, 1.807) is 0 Å². The molecule has 0 heterocycles. The van der Waals surface area contributed by atoms with Crippen LogP contribution in [0.25, 0.3) is 0 Å². The highest BCUT2D eigenvalue weighted by Crippen LogP contribution is 2.14. The second-order valence-electron chi connectivity index (χ2n) is 6.03. The fourth-order valence-corrected chi connectivity index (χ4v) is 2.07. The van der Waals surface area contributed by atoms with Crippen molar-refractivity contribution < 1.29 is 37.7 Å². The zero-order valence-corrected chi connectivity index (χ0v) is 15.9. The Morgan fingerprint density at radius 1 is 1.11 bits per heavy atom. The Balaban J connectivity index is 0.000000887. The zero-order valence-electron chi connectivity index (χ0n) is 15.9. The SMILES string of the molecule is CCCCCCCOc1cccc(CNCCC(=O)O)c1.O=C(O)C(F)(F)F. The minimum atomic E-state index is -5.08. The van der Waals surface area contributed by atoms with Gasteiger partial charge >= 0.3 is 18.1 Å². The fourth-order valence-electron chi connectivity index (χ4n) is 2.07. The van der Waals surface area contributed by atoms with Crippen LogP contribution in [0.4, 0.5) is 13.2 Å². The lowest BCUT2D eigenvalue weighted by Gasteiger charge is -2.08. The molecule has 160 valence electrons. The molecule has 0 atom stereocenters.